The number of carbonyl (C=O) groups is 3. The molecule has 0 spiro atoms. The first-order chi connectivity index (χ1) is 20.2. The lowest BCUT2D eigenvalue weighted by Gasteiger charge is -2.30. The third-order valence-electron chi connectivity index (χ3n) is 7.03. The van der Waals surface area contributed by atoms with Crippen LogP contribution in [0.2, 0.25) is 0 Å². The van der Waals surface area contributed by atoms with Gasteiger partial charge in [-0.3, -0.25) is 9.36 Å². The van der Waals surface area contributed by atoms with Crippen LogP contribution in [-0.2, 0) is 9.47 Å². The molecule has 42 heavy (non-hydrogen) atoms. The average Bonchev–Trinajstić information content (AvgIpc) is 3.26. The highest BCUT2D eigenvalue weighted by atomic mass is 19.1. The Balaban J connectivity index is 1.46. The highest BCUT2D eigenvalue weighted by Gasteiger charge is 2.57. The number of rotatable bonds is 8. The van der Waals surface area contributed by atoms with Gasteiger partial charge in [-0.1, -0.05) is 60.7 Å². The molecule has 1 saturated heterocycles. The SMILES string of the molecule is C[C@]1(F)[C@@H](c2ccccc2C(=O)[O-])[C@@H](COC(=O)c2ccccc2)O[C@H]1n1ccc(NC(=O)c2ccccc2)nc1=O. The Bertz CT molecular complexity index is 1670. The first-order valence-corrected chi connectivity index (χ1v) is 13.0. The molecule has 0 saturated carbocycles. The van der Waals surface area contributed by atoms with Gasteiger partial charge in [-0.15, -0.1) is 0 Å². The third kappa shape index (κ3) is 5.68. The van der Waals surface area contributed by atoms with Crippen molar-refractivity contribution in [2.24, 2.45) is 0 Å². The van der Waals surface area contributed by atoms with Gasteiger partial charge in [0.1, 0.15) is 18.5 Å². The standard InChI is InChI=1S/C31H26FN3O7/c1-31(32)25(21-14-8-9-15-22(21)27(37)38)23(18-41-28(39)20-12-6-3-7-13-20)42-29(31)35-17-16-24(34-30(35)40)33-26(36)19-10-4-2-5-11-19/h2-17,23,25,29H,18H2,1H3,(H,37,38)(H,33,34,36,40)/p-1/t23-,25+,29-,31+/m1/s1. The van der Waals surface area contributed by atoms with Gasteiger partial charge >= 0.3 is 11.7 Å². The number of halogens is 1. The molecule has 1 fully saturated rings. The molecule has 1 aliphatic rings. The van der Waals surface area contributed by atoms with Crippen LogP contribution in [0, 0.1) is 0 Å². The van der Waals surface area contributed by atoms with E-state index in [1.54, 1.807) is 60.7 Å². The van der Waals surface area contributed by atoms with Crippen molar-refractivity contribution in [3.8, 4) is 0 Å². The zero-order valence-corrected chi connectivity index (χ0v) is 22.3. The number of nitrogens with one attached hydrogen (secondary N) is 1. The second-order valence-corrected chi connectivity index (χ2v) is 9.82. The molecule has 0 radical (unpaired) electrons. The van der Waals surface area contributed by atoms with E-state index in [2.05, 4.69) is 10.3 Å². The van der Waals surface area contributed by atoms with Gasteiger partial charge in [-0.2, -0.15) is 4.98 Å². The molecule has 0 bridgehead atoms. The van der Waals surface area contributed by atoms with Gasteiger partial charge < -0.3 is 24.7 Å². The lowest BCUT2D eigenvalue weighted by Crippen LogP contribution is -2.39. The number of amides is 1. The Morgan fingerprint density at radius 1 is 0.976 bits per heavy atom. The van der Waals surface area contributed by atoms with Gasteiger partial charge in [0.2, 0.25) is 0 Å². The number of carbonyl (C=O) groups excluding carboxylic acids is 3. The molecule has 11 heteroatoms. The van der Waals surface area contributed by atoms with E-state index < -0.39 is 54.1 Å². The normalized spacial score (nSPS) is 21.4. The highest BCUT2D eigenvalue weighted by molar-refractivity contribution is 6.03. The van der Waals surface area contributed by atoms with Crippen molar-refractivity contribution in [2.45, 2.75) is 30.8 Å². The van der Waals surface area contributed by atoms with Gasteiger partial charge in [0.15, 0.2) is 11.9 Å². The first-order valence-electron chi connectivity index (χ1n) is 13.0. The van der Waals surface area contributed by atoms with Gasteiger partial charge in [-0.05, 0) is 42.8 Å². The van der Waals surface area contributed by atoms with Crippen molar-refractivity contribution in [1.29, 1.82) is 0 Å². The maximum absolute atomic E-state index is 16.8. The van der Waals surface area contributed by atoms with Crippen molar-refractivity contribution in [3.05, 3.63) is 130 Å². The first kappa shape index (κ1) is 28.4. The minimum absolute atomic E-state index is 0.0542. The molecule has 10 nitrogen and oxygen atoms in total. The summed E-state index contributed by atoms with van der Waals surface area (Å²) >= 11 is 0. The van der Waals surface area contributed by atoms with E-state index in [0.29, 0.717) is 5.56 Å². The summed E-state index contributed by atoms with van der Waals surface area (Å²) < 4.78 is 29.2. The number of hydrogen-bond donors (Lipinski definition) is 1. The zero-order chi connectivity index (χ0) is 29.9. The lowest BCUT2D eigenvalue weighted by molar-refractivity contribution is -0.255. The minimum atomic E-state index is -2.39. The molecule has 1 amide bonds. The molecule has 1 aliphatic heterocycles. The zero-order valence-electron chi connectivity index (χ0n) is 22.3. The summed E-state index contributed by atoms with van der Waals surface area (Å²) in [6.45, 7) is 0.730. The van der Waals surface area contributed by atoms with E-state index in [9.17, 15) is 24.3 Å². The van der Waals surface area contributed by atoms with Gasteiger partial charge in [0.25, 0.3) is 5.91 Å². The average molecular weight is 571 g/mol. The Morgan fingerprint density at radius 3 is 2.24 bits per heavy atom. The topological polar surface area (TPSA) is 140 Å². The van der Waals surface area contributed by atoms with E-state index in [-0.39, 0.29) is 22.5 Å². The van der Waals surface area contributed by atoms with E-state index in [1.165, 1.54) is 43.5 Å². The molecule has 3 aromatic carbocycles. The summed E-state index contributed by atoms with van der Waals surface area (Å²) in [5.74, 6) is -4.05. The Kier molecular flexibility index (Phi) is 7.94. The molecular formula is C31H25FN3O7-. The maximum atomic E-state index is 16.8. The minimum Gasteiger partial charge on any atom is -0.545 e. The number of aromatic carboxylic acids is 1. The number of carboxylic acid groups (broad SMARTS) is 1. The van der Waals surface area contributed by atoms with Crippen LogP contribution in [0.5, 0.6) is 0 Å². The van der Waals surface area contributed by atoms with Gasteiger partial charge in [0.05, 0.1) is 17.5 Å². The van der Waals surface area contributed by atoms with Crippen LogP contribution in [-0.4, -0.2) is 45.8 Å². The van der Waals surface area contributed by atoms with E-state index in [4.69, 9.17) is 9.47 Å². The Morgan fingerprint density at radius 2 is 1.60 bits per heavy atom. The predicted octanol–water partition coefficient (Wildman–Crippen LogP) is 3.13. The van der Waals surface area contributed by atoms with Crippen LogP contribution >= 0.6 is 0 Å². The number of aromatic nitrogens is 2. The fraction of sp³-hybridized carbons (Fsp3) is 0.194. The summed E-state index contributed by atoms with van der Waals surface area (Å²) in [4.78, 5) is 54.0. The number of hydrogen-bond acceptors (Lipinski definition) is 8. The maximum Gasteiger partial charge on any atom is 0.351 e. The second-order valence-electron chi connectivity index (χ2n) is 9.82. The predicted molar refractivity (Wildman–Crippen MR) is 147 cm³/mol. The fourth-order valence-corrected chi connectivity index (χ4v) is 5.08. The van der Waals surface area contributed by atoms with E-state index in [0.717, 1.165) is 4.57 Å². The molecule has 0 aliphatic carbocycles. The molecule has 214 valence electrons. The van der Waals surface area contributed by atoms with E-state index in [1.807, 2.05) is 0 Å². The summed E-state index contributed by atoms with van der Waals surface area (Å²) in [6.07, 6.45) is -1.56. The number of esters is 1. The van der Waals surface area contributed by atoms with Crippen LogP contribution in [0.3, 0.4) is 0 Å². The number of ether oxygens (including phenoxy) is 2. The molecule has 2 heterocycles. The van der Waals surface area contributed by atoms with Gasteiger partial charge in [0, 0.05) is 17.3 Å². The summed E-state index contributed by atoms with van der Waals surface area (Å²) in [5, 5.41) is 14.4. The Hall–Kier alpha value is -5.16. The highest BCUT2D eigenvalue weighted by Crippen LogP contribution is 2.51. The number of nitrogens with zero attached hydrogens (tertiary/aromatic N) is 2. The van der Waals surface area contributed by atoms with Crippen molar-refractivity contribution < 1.29 is 33.4 Å². The van der Waals surface area contributed by atoms with Crippen LogP contribution in [0.1, 0.15) is 55.7 Å². The van der Waals surface area contributed by atoms with Crippen LogP contribution < -0.4 is 16.1 Å². The summed E-state index contributed by atoms with van der Waals surface area (Å²) in [7, 11) is 0. The van der Waals surface area contributed by atoms with Crippen LogP contribution in [0.25, 0.3) is 0 Å². The quantitative estimate of drug-likeness (QED) is 0.319. The molecular weight excluding hydrogens is 545 g/mol. The molecule has 0 unspecified atom stereocenters. The second kappa shape index (κ2) is 11.8. The molecule has 1 aromatic heterocycles. The van der Waals surface area contributed by atoms with Gasteiger partial charge in [-0.25, -0.2) is 14.0 Å². The van der Waals surface area contributed by atoms with Crippen LogP contribution in [0.4, 0.5) is 10.2 Å². The number of alkyl halides is 1. The molecule has 5 rings (SSSR count). The van der Waals surface area contributed by atoms with Crippen molar-refractivity contribution in [3.63, 3.8) is 0 Å². The van der Waals surface area contributed by atoms with E-state index >= 15 is 4.39 Å². The third-order valence-corrected chi connectivity index (χ3v) is 7.03. The Labute approximate surface area is 239 Å². The number of carboxylic acids is 1. The number of benzene rings is 3. The molecule has 4 aromatic rings. The summed E-state index contributed by atoms with van der Waals surface area (Å²) in [6, 6.07) is 23.5. The largest absolute Gasteiger partial charge is 0.545 e. The smallest absolute Gasteiger partial charge is 0.351 e. The van der Waals surface area contributed by atoms with Crippen molar-refractivity contribution >= 4 is 23.7 Å². The molecule has 1 N–H and O–H groups in total. The monoisotopic (exact) mass is 570 g/mol. The number of anilines is 1. The fourth-order valence-electron chi connectivity index (χ4n) is 5.08. The molecule has 4 atom stereocenters. The van der Waals surface area contributed by atoms with Crippen molar-refractivity contribution in [1.82, 2.24) is 9.55 Å². The van der Waals surface area contributed by atoms with Crippen LogP contribution in [0.15, 0.2) is 102 Å². The summed E-state index contributed by atoms with van der Waals surface area (Å²) in [5.41, 5.74) is -2.92. The van der Waals surface area contributed by atoms with Crippen molar-refractivity contribution in [2.75, 3.05) is 11.9 Å². The lowest BCUT2D eigenvalue weighted by atomic mass is 9.80.